The molecular formula is C7H9ClN4O. The second kappa shape index (κ2) is 3.51. The van der Waals surface area contributed by atoms with E-state index in [9.17, 15) is 4.79 Å². The second-order valence-corrected chi connectivity index (χ2v) is 2.48. The topological polar surface area (TPSA) is 86.7 Å². The van der Waals surface area contributed by atoms with Crippen LogP contribution >= 0.6 is 12.4 Å². The molecule has 0 amide bonds. The van der Waals surface area contributed by atoms with Gasteiger partial charge in [-0.05, 0) is 18.2 Å². The lowest BCUT2D eigenvalue weighted by atomic mass is 10.3. The molecule has 5 nitrogen and oxygen atoms in total. The first-order valence-electron chi connectivity index (χ1n) is 3.48. The lowest BCUT2D eigenvalue weighted by molar-refractivity contribution is 1.21. The molecule has 0 aliphatic heterocycles. The molecule has 0 radical (unpaired) electrons. The average Bonchev–Trinajstić information content (AvgIpc) is 2.43. The number of benzene rings is 1. The molecule has 0 spiro atoms. The van der Waals surface area contributed by atoms with Crippen LogP contribution in [0, 0.1) is 0 Å². The Morgan fingerprint density at radius 2 is 1.92 bits per heavy atom. The summed E-state index contributed by atoms with van der Waals surface area (Å²) in [7, 11) is 0. The Bertz CT molecular complexity index is 461. The predicted molar refractivity (Wildman–Crippen MR) is 54.0 cm³/mol. The first kappa shape index (κ1) is 9.63. The highest BCUT2D eigenvalue weighted by Gasteiger charge is 1.97. The van der Waals surface area contributed by atoms with Crippen LogP contribution in [0.15, 0.2) is 23.0 Å². The standard InChI is InChI=1S/C7H8N4O.ClH/c8-11-4-1-2-5-6(3-4)10-7(12)9-5;/h1-3,11H,8H2,(H2,9,10,12);1H. The quantitative estimate of drug-likeness (QED) is 0.401. The molecule has 0 unspecified atom stereocenters. The molecule has 0 bridgehead atoms. The number of hydrazine groups is 1. The van der Waals surface area contributed by atoms with Crippen molar-refractivity contribution in [3.8, 4) is 0 Å². The summed E-state index contributed by atoms with van der Waals surface area (Å²) < 4.78 is 0. The maximum atomic E-state index is 10.8. The van der Waals surface area contributed by atoms with E-state index in [4.69, 9.17) is 5.84 Å². The van der Waals surface area contributed by atoms with Crippen molar-refractivity contribution < 1.29 is 0 Å². The molecule has 1 heterocycles. The van der Waals surface area contributed by atoms with E-state index in [1.165, 1.54) is 0 Å². The monoisotopic (exact) mass is 200 g/mol. The van der Waals surface area contributed by atoms with Gasteiger partial charge in [-0.25, -0.2) is 4.79 Å². The number of nitrogens with one attached hydrogen (secondary N) is 3. The van der Waals surface area contributed by atoms with Crippen LogP contribution < -0.4 is 17.0 Å². The largest absolute Gasteiger partial charge is 0.324 e. The molecule has 0 aliphatic rings. The van der Waals surface area contributed by atoms with Crippen molar-refractivity contribution in [3.63, 3.8) is 0 Å². The van der Waals surface area contributed by atoms with Crippen LogP contribution in [0.3, 0.4) is 0 Å². The molecule has 1 aromatic carbocycles. The van der Waals surface area contributed by atoms with Crippen molar-refractivity contribution in [3.05, 3.63) is 28.7 Å². The van der Waals surface area contributed by atoms with Crippen molar-refractivity contribution in [2.24, 2.45) is 5.84 Å². The van der Waals surface area contributed by atoms with E-state index in [1.807, 2.05) is 0 Å². The SMILES string of the molecule is Cl.NNc1ccc2[nH]c(=O)[nH]c2c1. The molecule has 6 heteroatoms. The molecular weight excluding hydrogens is 192 g/mol. The maximum absolute atomic E-state index is 10.8. The number of fused-ring (bicyclic) bond motifs is 1. The van der Waals surface area contributed by atoms with Gasteiger partial charge in [-0.3, -0.25) is 5.84 Å². The third-order valence-corrected chi connectivity index (χ3v) is 1.68. The second-order valence-electron chi connectivity index (χ2n) is 2.48. The van der Waals surface area contributed by atoms with E-state index < -0.39 is 0 Å². The van der Waals surface area contributed by atoms with Crippen LogP contribution in [0.1, 0.15) is 0 Å². The van der Waals surface area contributed by atoms with Crippen molar-refractivity contribution in [2.45, 2.75) is 0 Å². The zero-order chi connectivity index (χ0) is 8.55. The molecule has 0 fully saturated rings. The number of aromatic nitrogens is 2. The Labute approximate surface area is 79.7 Å². The van der Waals surface area contributed by atoms with E-state index in [-0.39, 0.29) is 18.1 Å². The highest BCUT2D eigenvalue weighted by Crippen LogP contribution is 2.12. The number of hydrogen-bond donors (Lipinski definition) is 4. The molecule has 13 heavy (non-hydrogen) atoms. The van der Waals surface area contributed by atoms with E-state index >= 15 is 0 Å². The third-order valence-electron chi connectivity index (χ3n) is 1.68. The molecule has 0 atom stereocenters. The Morgan fingerprint density at radius 3 is 2.62 bits per heavy atom. The summed E-state index contributed by atoms with van der Waals surface area (Å²) in [6.07, 6.45) is 0. The van der Waals surface area contributed by atoms with Gasteiger partial charge in [0.1, 0.15) is 0 Å². The first-order valence-corrected chi connectivity index (χ1v) is 3.48. The Morgan fingerprint density at radius 1 is 1.23 bits per heavy atom. The Balaban J connectivity index is 0.000000845. The number of nitrogen functional groups attached to an aromatic ring is 1. The van der Waals surface area contributed by atoms with E-state index in [2.05, 4.69) is 15.4 Å². The van der Waals surface area contributed by atoms with Crippen LogP contribution in [0.25, 0.3) is 11.0 Å². The first-order chi connectivity index (χ1) is 5.79. The molecule has 2 aromatic rings. The van der Waals surface area contributed by atoms with E-state index in [0.29, 0.717) is 0 Å². The minimum atomic E-state index is -0.209. The maximum Gasteiger partial charge on any atom is 0.323 e. The van der Waals surface area contributed by atoms with Gasteiger partial charge in [-0.15, -0.1) is 12.4 Å². The third kappa shape index (κ3) is 1.66. The summed E-state index contributed by atoms with van der Waals surface area (Å²) in [6.45, 7) is 0. The lowest BCUT2D eigenvalue weighted by Gasteiger charge is -1.97. The van der Waals surface area contributed by atoms with Gasteiger partial charge in [0.25, 0.3) is 0 Å². The molecule has 1 aromatic heterocycles. The van der Waals surface area contributed by atoms with Crippen LogP contribution in [0.5, 0.6) is 0 Å². The summed E-state index contributed by atoms with van der Waals surface area (Å²) >= 11 is 0. The fourth-order valence-corrected chi connectivity index (χ4v) is 1.12. The zero-order valence-electron chi connectivity index (χ0n) is 6.63. The minimum absolute atomic E-state index is 0. The van der Waals surface area contributed by atoms with Crippen molar-refractivity contribution in [1.29, 1.82) is 0 Å². The minimum Gasteiger partial charge on any atom is -0.324 e. The van der Waals surface area contributed by atoms with E-state index in [1.54, 1.807) is 18.2 Å². The fraction of sp³-hybridized carbons (Fsp3) is 0. The molecule has 2 rings (SSSR count). The summed E-state index contributed by atoms with van der Waals surface area (Å²) in [4.78, 5) is 16.1. The highest BCUT2D eigenvalue weighted by atomic mass is 35.5. The van der Waals surface area contributed by atoms with Gasteiger partial charge in [0.2, 0.25) is 0 Å². The Hall–Kier alpha value is -1.46. The summed E-state index contributed by atoms with van der Waals surface area (Å²) in [5, 5.41) is 0. The number of nitrogens with two attached hydrogens (primary N) is 1. The average molecular weight is 201 g/mol. The van der Waals surface area contributed by atoms with Crippen LogP contribution in [-0.4, -0.2) is 9.97 Å². The van der Waals surface area contributed by atoms with E-state index in [0.717, 1.165) is 16.7 Å². The van der Waals surface area contributed by atoms with Gasteiger partial charge in [0.15, 0.2) is 0 Å². The Kier molecular flexibility index (Phi) is 2.60. The number of rotatable bonds is 1. The number of aromatic amines is 2. The van der Waals surface area contributed by atoms with Crippen LogP contribution in [0.4, 0.5) is 5.69 Å². The van der Waals surface area contributed by atoms with Gasteiger partial charge in [0.05, 0.1) is 16.7 Å². The van der Waals surface area contributed by atoms with Crippen molar-refractivity contribution in [2.75, 3.05) is 5.43 Å². The van der Waals surface area contributed by atoms with Crippen molar-refractivity contribution >= 4 is 29.1 Å². The summed E-state index contributed by atoms with van der Waals surface area (Å²) in [6, 6.07) is 5.32. The molecule has 0 aliphatic carbocycles. The number of imidazole rings is 1. The van der Waals surface area contributed by atoms with Gasteiger partial charge in [-0.2, -0.15) is 0 Å². The van der Waals surface area contributed by atoms with Gasteiger partial charge in [-0.1, -0.05) is 0 Å². The number of H-pyrrole nitrogens is 2. The van der Waals surface area contributed by atoms with Crippen LogP contribution in [-0.2, 0) is 0 Å². The number of halogens is 1. The molecule has 5 N–H and O–H groups in total. The number of anilines is 1. The molecule has 70 valence electrons. The van der Waals surface area contributed by atoms with Gasteiger partial charge < -0.3 is 15.4 Å². The summed E-state index contributed by atoms with van der Waals surface area (Å²) in [5.41, 5.74) is 4.57. The normalized spacial score (nSPS) is 9.62. The fourth-order valence-electron chi connectivity index (χ4n) is 1.12. The predicted octanol–water partition coefficient (Wildman–Crippen LogP) is 0.564. The summed E-state index contributed by atoms with van der Waals surface area (Å²) in [5.74, 6) is 5.20. The highest BCUT2D eigenvalue weighted by molar-refractivity contribution is 5.85. The molecule has 0 saturated heterocycles. The molecule has 0 saturated carbocycles. The lowest BCUT2D eigenvalue weighted by Crippen LogP contribution is -2.06. The van der Waals surface area contributed by atoms with Gasteiger partial charge in [0, 0.05) is 0 Å². The van der Waals surface area contributed by atoms with Crippen LogP contribution in [0.2, 0.25) is 0 Å². The number of hydrogen-bond acceptors (Lipinski definition) is 3. The van der Waals surface area contributed by atoms with Crippen molar-refractivity contribution in [1.82, 2.24) is 9.97 Å². The zero-order valence-corrected chi connectivity index (χ0v) is 7.44. The smallest absolute Gasteiger partial charge is 0.323 e. The van der Waals surface area contributed by atoms with Gasteiger partial charge >= 0.3 is 5.69 Å².